The number of piperidine rings is 1. The Morgan fingerprint density at radius 2 is 2.00 bits per heavy atom. The molecule has 0 aromatic carbocycles. The van der Waals surface area contributed by atoms with E-state index in [2.05, 4.69) is 32.7 Å². The minimum Gasteiger partial charge on any atom is -0.330 e. The van der Waals surface area contributed by atoms with Crippen molar-refractivity contribution in [1.29, 1.82) is 0 Å². The molecule has 1 unspecified atom stereocenters. The molecule has 0 aliphatic carbocycles. The molecular formula is C12H26N2. The third-order valence-electron chi connectivity index (χ3n) is 3.98. The molecule has 0 radical (unpaired) electrons. The van der Waals surface area contributed by atoms with Gasteiger partial charge in [0.05, 0.1) is 0 Å². The van der Waals surface area contributed by atoms with E-state index in [0.717, 1.165) is 6.54 Å². The second-order valence-electron chi connectivity index (χ2n) is 5.91. The zero-order valence-corrected chi connectivity index (χ0v) is 10.3. The Kier molecular flexibility index (Phi) is 3.59. The smallest absolute Gasteiger partial charge is 0.00404 e. The largest absolute Gasteiger partial charge is 0.330 e. The highest BCUT2D eigenvalue weighted by molar-refractivity contribution is 4.94. The average molecular weight is 198 g/mol. The fraction of sp³-hybridized carbons (Fsp3) is 1.00. The summed E-state index contributed by atoms with van der Waals surface area (Å²) in [7, 11) is 2.23. The van der Waals surface area contributed by atoms with E-state index in [9.17, 15) is 0 Å². The van der Waals surface area contributed by atoms with Gasteiger partial charge >= 0.3 is 0 Å². The predicted octanol–water partition coefficient (Wildman–Crippen LogP) is 2.09. The van der Waals surface area contributed by atoms with Crippen molar-refractivity contribution >= 4 is 0 Å². The van der Waals surface area contributed by atoms with E-state index in [4.69, 9.17) is 5.73 Å². The van der Waals surface area contributed by atoms with Gasteiger partial charge in [-0.3, -0.25) is 0 Å². The predicted molar refractivity (Wildman–Crippen MR) is 62.3 cm³/mol. The lowest BCUT2D eigenvalue weighted by Crippen LogP contribution is -2.49. The standard InChI is InChI=1S/C12H26N2/c1-11(2,3)12(7-8-13)6-5-9-14(4)10-12/h5-10,13H2,1-4H3. The number of likely N-dealkylation sites (tertiary alicyclic amines) is 1. The van der Waals surface area contributed by atoms with Crippen LogP contribution in [0.15, 0.2) is 0 Å². The second kappa shape index (κ2) is 4.19. The Morgan fingerprint density at radius 1 is 1.36 bits per heavy atom. The molecule has 0 aromatic rings. The molecule has 0 amide bonds. The van der Waals surface area contributed by atoms with Crippen molar-refractivity contribution < 1.29 is 0 Å². The molecule has 1 aliphatic heterocycles. The van der Waals surface area contributed by atoms with Gasteiger partial charge in [0.1, 0.15) is 0 Å². The monoisotopic (exact) mass is 198 g/mol. The van der Waals surface area contributed by atoms with Crippen LogP contribution in [0.3, 0.4) is 0 Å². The lowest BCUT2D eigenvalue weighted by molar-refractivity contribution is -0.00150. The van der Waals surface area contributed by atoms with Gasteiger partial charge in [-0.15, -0.1) is 0 Å². The van der Waals surface area contributed by atoms with E-state index in [-0.39, 0.29) is 0 Å². The van der Waals surface area contributed by atoms with Crippen LogP contribution in [0.5, 0.6) is 0 Å². The van der Waals surface area contributed by atoms with Crippen LogP contribution in [0.4, 0.5) is 0 Å². The third kappa shape index (κ3) is 2.29. The summed E-state index contributed by atoms with van der Waals surface area (Å²) in [6.07, 6.45) is 3.84. The Balaban J connectivity index is 2.80. The molecule has 1 heterocycles. The minimum atomic E-state index is 0.376. The molecule has 2 heteroatoms. The van der Waals surface area contributed by atoms with Gasteiger partial charge in [-0.2, -0.15) is 0 Å². The van der Waals surface area contributed by atoms with E-state index in [1.165, 1.54) is 32.4 Å². The van der Waals surface area contributed by atoms with Gasteiger partial charge in [0, 0.05) is 6.54 Å². The van der Waals surface area contributed by atoms with Gasteiger partial charge in [-0.05, 0) is 50.2 Å². The molecular weight excluding hydrogens is 172 g/mol. The van der Waals surface area contributed by atoms with Crippen molar-refractivity contribution in [2.75, 3.05) is 26.7 Å². The van der Waals surface area contributed by atoms with Crippen LogP contribution in [0.2, 0.25) is 0 Å². The summed E-state index contributed by atoms with van der Waals surface area (Å²) in [5.74, 6) is 0. The number of nitrogens with zero attached hydrogens (tertiary/aromatic N) is 1. The summed E-state index contributed by atoms with van der Waals surface area (Å²) in [4.78, 5) is 2.46. The Labute approximate surface area is 88.8 Å². The van der Waals surface area contributed by atoms with Crippen LogP contribution in [-0.2, 0) is 0 Å². The lowest BCUT2D eigenvalue weighted by atomic mass is 9.61. The molecule has 2 N–H and O–H groups in total. The van der Waals surface area contributed by atoms with Gasteiger partial charge in [0.15, 0.2) is 0 Å². The highest BCUT2D eigenvalue weighted by atomic mass is 15.1. The van der Waals surface area contributed by atoms with Crippen molar-refractivity contribution in [3.05, 3.63) is 0 Å². The van der Waals surface area contributed by atoms with Crippen LogP contribution in [-0.4, -0.2) is 31.6 Å². The van der Waals surface area contributed by atoms with Crippen LogP contribution in [0.25, 0.3) is 0 Å². The summed E-state index contributed by atoms with van der Waals surface area (Å²) in [6.45, 7) is 10.4. The lowest BCUT2D eigenvalue weighted by Gasteiger charge is -2.50. The quantitative estimate of drug-likeness (QED) is 0.736. The number of nitrogens with two attached hydrogens (primary N) is 1. The molecule has 1 saturated heterocycles. The molecule has 0 spiro atoms. The molecule has 84 valence electrons. The Hall–Kier alpha value is -0.0800. The van der Waals surface area contributed by atoms with E-state index in [1.807, 2.05) is 0 Å². The highest BCUT2D eigenvalue weighted by Gasteiger charge is 2.43. The van der Waals surface area contributed by atoms with Gasteiger partial charge in [0.25, 0.3) is 0 Å². The van der Waals surface area contributed by atoms with Crippen LogP contribution in [0, 0.1) is 10.8 Å². The summed E-state index contributed by atoms with van der Waals surface area (Å²) < 4.78 is 0. The van der Waals surface area contributed by atoms with Gasteiger partial charge < -0.3 is 10.6 Å². The first-order valence-electron chi connectivity index (χ1n) is 5.80. The molecule has 0 saturated carbocycles. The molecule has 0 bridgehead atoms. The molecule has 1 fully saturated rings. The summed E-state index contributed by atoms with van der Waals surface area (Å²) in [5, 5.41) is 0. The van der Waals surface area contributed by atoms with Crippen LogP contribution >= 0.6 is 0 Å². The van der Waals surface area contributed by atoms with Gasteiger partial charge in [0.2, 0.25) is 0 Å². The Morgan fingerprint density at radius 3 is 2.43 bits per heavy atom. The van der Waals surface area contributed by atoms with Crippen molar-refractivity contribution in [2.45, 2.75) is 40.0 Å². The van der Waals surface area contributed by atoms with E-state index >= 15 is 0 Å². The summed E-state index contributed by atoms with van der Waals surface area (Å²) >= 11 is 0. The Bertz CT molecular complexity index is 179. The fourth-order valence-corrected chi connectivity index (χ4v) is 2.83. The molecule has 1 atom stereocenters. The zero-order valence-electron chi connectivity index (χ0n) is 10.3. The number of hydrogen-bond acceptors (Lipinski definition) is 2. The zero-order chi connectivity index (χ0) is 10.8. The van der Waals surface area contributed by atoms with Crippen molar-refractivity contribution in [3.8, 4) is 0 Å². The third-order valence-corrected chi connectivity index (χ3v) is 3.98. The maximum absolute atomic E-state index is 5.77. The van der Waals surface area contributed by atoms with E-state index in [1.54, 1.807) is 0 Å². The van der Waals surface area contributed by atoms with Gasteiger partial charge in [-0.25, -0.2) is 0 Å². The highest BCUT2D eigenvalue weighted by Crippen LogP contribution is 2.47. The fourth-order valence-electron chi connectivity index (χ4n) is 2.83. The first-order valence-corrected chi connectivity index (χ1v) is 5.80. The normalized spacial score (nSPS) is 30.6. The van der Waals surface area contributed by atoms with Gasteiger partial charge in [-0.1, -0.05) is 20.8 Å². The molecule has 14 heavy (non-hydrogen) atoms. The maximum Gasteiger partial charge on any atom is 0.00404 e. The number of rotatable bonds is 2. The molecule has 2 nitrogen and oxygen atoms in total. The first kappa shape index (κ1) is 12.0. The molecule has 1 aliphatic rings. The maximum atomic E-state index is 5.77. The first-order chi connectivity index (χ1) is 6.41. The van der Waals surface area contributed by atoms with E-state index in [0.29, 0.717) is 10.8 Å². The average Bonchev–Trinajstić information content (AvgIpc) is 2.02. The molecule has 0 aromatic heterocycles. The van der Waals surface area contributed by atoms with Crippen molar-refractivity contribution in [1.82, 2.24) is 4.90 Å². The van der Waals surface area contributed by atoms with Crippen LogP contribution < -0.4 is 5.73 Å². The summed E-state index contributed by atoms with van der Waals surface area (Å²) in [5.41, 5.74) is 6.58. The summed E-state index contributed by atoms with van der Waals surface area (Å²) in [6, 6.07) is 0. The minimum absolute atomic E-state index is 0.376. The van der Waals surface area contributed by atoms with Crippen molar-refractivity contribution in [3.63, 3.8) is 0 Å². The second-order valence-corrected chi connectivity index (χ2v) is 5.91. The van der Waals surface area contributed by atoms with Crippen molar-refractivity contribution in [2.24, 2.45) is 16.6 Å². The molecule has 1 rings (SSSR count). The van der Waals surface area contributed by atoms with E-state index < -0.39 is 0 Å². The number of hydrogen-bond donors (Lipinski definition) is 1. The SMILES string of the molecule is CN1CCCC(CCN)(C(C)(C)C)C1. The topological polar surface area (TPSA) is 29.3 Å². The van der Waals surface area contributed by atoms with Crippen LogP contribution in [0.1, 0.15) is 40.0 Å².